The number of ketones is 1. The van der Waals surface area contributed by atoms with Crippen molar-refractivity contribution in [2.24, 2.45) is 22.7 Å². The molecule has 4 aliphatic carbocycles. The van der Waals surface area contributed by atoms with Gasteiger partial charge >= 0.3 is 5.97 Å². The molecule has 0 aliphatic heterocycles. The van der Waals surface area contributed by atoms with Crippen molar-refractivity contribution in [1.29, 1.82) is 0 Å². The van der Waals surface area contributed by atoms with Crippen LogP contribution in [0.1, 0.15) is 66.2 Å². The van der Waals surface area contributed by atoms with Gasteiger partial charge in [0.2, 0.25) is 0 Å². The summed E-state index contributed by atoms with van der Waals surface area (Å²) < 4.78 is 5.51. The Kier molecular flexibility index (Phi) is 4.05. The first-order valence-corrected chi connectivity index (χ1v) is 10.1. The zero-order chi connectivity index (χ0) is 18.7. The number of carbonyl (C=O) groups excluding carboxylic acids is 2. The van der Waals surface area contributed by atoms with Gasteiger partial charge in [0, 0.05) is 24.3 Å². The molecule has 0 aromatic carbocycles. The highest BCUT2D eigenvalue weighted by Crippen LogP contribution is 2.63. The molecule has 0 N–H and O–H groups in total. The zero-order valence-corrected chi connectivity index (χ0v) is 16.4. The maximum Gasteiger partial charge on any atom is 0.302 e. The molecule has 5 atom stereocenters. The lowest BCUT2D eigenvalue weighted by atomic mass is 9.49. The number of rotatable bonds is 2. The van der Waals surface area contributed by atoms with Crippen molar-refractivity contribution in [3.8, 4) is 0 Å². The van der Waals surface area contributed by atoms with E-state index < -0.39 is 0 Å². The van der Waals surface area contributed by atoms with E-state index in [0.29, 0.717) is 11.8 Å². The van der Waals surface area contributed by atoms with Crippen LogP contribution in [0.25, 0.3) is 0 Å². The molecule has 0 bridgehead atoms. The second-order valence-electron chi connectivity index (χ2n) is 9.20. The average molecular weight is 354 g/mol. The van der Waals surface area contributed by atoms with E-state index in [9.17, 15) is 9.59 Å². The molecule has 0 amide bonds. The third kappa shape index (κ3) is 2.46. The molecular weight excluding hydrogens is 324 g/mol. The number of ether oxygens (including phenoxy) is 1. The van der Waals surface area contributed by atoms with Gasteiger partial charge in [-0.2, -0.15) is 0 Å². The van der Waals surface area contributed by atoms with Crippen LogP contribution in [0.3, 0.4) is 0 Å². The molecule has 0 spiro atoms. The Morgan fingerprint density at radius 1 is 1.12 bits per heavy atom. The molecule has 0 saturated heterocycles. The number of esters is 1. The Morgan fingerprint density at radius 2 is 1.88 bits per heavy atom. The molecule has 2 saturated carbocycles. The summed E-state index contributed by atoms with van der Waals surface area (Å²) in [5.41, 5.74) is 4.14. The van der Waals surface area contributed by atoms with Gasteiger partial charge in [-0.3, -0.25) is 9.59 Å². The van der Waals surface area contributed by atoms with Gasteiger partial charge < -0.3 is 4.74 Å². The molecule has 0 unspecified atom stereocenters. The molecule has 3 heteroatoms. The van der Waals surface area contributed by atoms with Gasteiger partial charge in [-0.1, -0.05) is 43.2 Å². The maximum atomic E-state index is 12.1. The Hall–Kier alpha value is -1.64. The van der Waals surface area contributed by atoms with Crippen molar-refractivity contribution < 1.29 is 14.3 Å². The second-order valence-corrected chi connectivity index (χ2v) is 9.20. The minimum Gasteiger partial charge on any atom is -0.462 e. The van der Waals surface area contributed by atoms with E-state index in [1.165, 1.54) is 24.5 Å². The average Bonchev–Trinajstić information content (AvgIpc) is 2.92. The largest absolute Gasteiger partial charge is 0.462 e. The minimum absolute atomic E-state index is 0.0499. The van der Waals surface area contributed by atoms with E-state index >= 15 is 0 Å². The molecule has 4 rings (SSSR count). The topological polar surface area (TPSA) is 43.4 Å². The van der Waals surface area contributed by atoms with Gasteiger partial charge in [0.1, 0.15) is 6.10 Å². The number of carbonyl (C=O) groups is 2. The van der Waals surface area contributed by atoms with E-state index in [1.54, 1.807) is 6.92 Å². The summed E-state index contributed by atoms with van der Waals surface area (Å²) in [6, 6.07) is 0. The monoisotopic (exact) mass is 354 g/mol. The molecule has 4 aliphatic rings. The SMILES string of the molecule is CC(=O)O[C@H]1CC[C@@]2(C)C(=CC[C@@H]3C4=CC=C(C(C)=O)[C@@]4(C)CC[C@@H]32)C1. The molecule has 2 fully saturated rings. The van der Waals surface area contributed by atoms with Gasteiger partial charge in [-0.05, 0) is 56.3 Å². The van der Waals surface area contributed by atoms with E-state index in [-0.39, 0.29) is 28.7 Å². The third-order valence-corrected chi connectivity index (χ3v) is 7.82. The molecule has 0 aromatic rings. The molecule has 3 nitrogen and oxygen atoms in total. The predicted octanol–water partition coefficient (Wildman–Crippen LogP) is 4.93. The number of Topliss-reactive ketones (excluding diaryl/α,β-unsaturated/α-hetero) is 1. The first-order valence-electron chi connectivity index (χ1n) is 10.1. The predicted molar refractivity (Wildman–Crippen MR) is 101 cm³/mol. The van der Waals surface area contributed by atoms with Crippen LogP contribution in [0.5, 0.6) is 0 Å². The summed E-state index contributed by atoms with van der Waals surface area (Å²) in [6.07, 6.45) is 13.1. The van der Waals surface area contributed by atoms with Crippen LogP contribution in [0.2, 0.25) is 0 Å². The summed E-state index contributed by atoms with van der Waals surface area (Å²) >= 11 is 0. The normalized spacial score (nSPS) is 41.1. The summed E-state index contributed by atoms with van der Waals surface area (Å²) in [4.78, 5) is 23.5. The first-order chi connectivity index (χ1) is 12.3. The van der Waals surface area contributed by atoms with Crippen molar-refractivity contribution in [2.75, 3.05) is 0 Å². The molecule has 0 aromatic heterocycles. The number of hydrogen-bond donors (Lipinski definition) is 0. The van der Waals surface area contributed by atoms with Crippen LogP contribution >= 0.6 is 0 Å². The van der Waals surface area contributed by atoms with E-state index in [2.05, 4.69) is 32.1 Å². The van der Waals surface area contributed by atoms with Gasteiger partial charge in [-0.25, -0.2) is 0 Å². The Balaban J connectivity index is 1.61. The Morgan fingerprint density at radius 3 is 2.58 bits per heavy atom. The lowest BCUT2D eigenvalue weighted by molar-refractivity contribution is -0.148. The van der Waals surface area contributed by atoms with Crippen molar-refractivity contribution in [1.82, 2.24) is 0 Å². The lowest BCUT2D eigenvalue weighted by Gasteiger charge is -2.56. The van der Waals surface area contributed by atoms with Crippen LogP contribution in [-0.2, 0) is 14.3 Å². The molecule has 140 valence electrons. The highest BCUT2D eigenvalue weighted by atomic mass is 16.5. The van der Waals surface area contributed by atoms with E-state index in [0.717, 1.165) is 37.7 Å². The van der Waals surface area contributed by atoms with Gasteiger partial charge in [0.15, 0.2) is 5.78 Å². The highest BCUT2D eigenvalue weighted by Gasteiger charge is 2.54. The fraction of sp³-hybridized carbons (Fsp3) is 0.652. The number of fused-ring (bicyclic) bond motifs is 5. The van der Waals surface area contributed by atoms with Crippen molar-refractivity contribution in [3.05, 3.63) is 34.9 Å². The maximum absolute atomic E-state index is 12.1. The summed E-state index contributed by atoms with van der Waals surface area (Å²) in [5, 5.41) is 0. The molecule has 26 heavy (non-hydrogen) atoms. The van der Waals surface area contributed by atoms with Gasteiger partial charge in [0.05, 0.1) is 0 Å². The van der Waals surface area contributed by atoms with Gasteiger partial charge in [-0.15, -0.1) is 0 Å². The smallest absolute Gasteiger partial charge is 0.302 e. The standard InChI is InChI=1S/C23H30O3/c1-14(24)19-7-8-20-18-6-5-16-13-17(26-15(2)25)9-11-22(16,3)21(18)10-12-23(19,20)4/h5,7-8,17-18,21H,6,9-13H2,1-4H3/t17-,18+,21-,22-,23+/m0/s1. The fourth-order valence-electron chi connectivity index (χ4n) is 6.48. The van der Waals surface area contributed by atoms with Crippen molar-refractivity contribution in [3.63, 3.8) is 0 Å². The Bertz CT molecular complexity index is 755. The fourth-order valence-corrected chi connectivity index (χ4v) is 6.48. The highest BCUT2D eigenvalue weighted by molar-refractivity contribution is 5.96. The van der Waals surface area contributed by atoms with Crippen LogP contribution in [0.15, 0.2) is 34.9 Å². The van der Waals surface area contributed by atoms with Crippen LogP contribution in [-0.4, -0.2) is 17.9 Å². The minimum atomic E-state index is -0.166. The summed E-state index contributed by atoms with van der Waals surface area (Å²) in [7, 11) is 0. The van der Waals surface area contributed by atoms with Crippen LogP contribution in [0.4, 0.5) is 0 Å². The first kappa shape index (κ1) is 17.8. The van der Waals surface area contributed by atoms with Crippen molar-refractivity contribution in [2.45, 2.75) is 72.3 Å². The summed E-state index contributed by atoms with van der Waals surface area (Å²) in [6.45, 7) is 7.91. The quantitative estimate of drug-likeness (QED) is 0.522. The Labute approximate surface area is 156 Å². The van der Waals surface area contributed by atoms with Crippen LogP contribution < -0.4 is 0 Å². The van der Waals surface area contributed by atoms with Crippen molar-refractivity contribution >= 4 is 11.8 Å². The second kappa shape index (κ2) is 5.94. The number of allylic oxidation sites excluding steroid dienone is 5. The lowest BCUT2D eigenvalue weighted by Crippen LogP contribution is -2.47. The molecule has 0 radical (unpaired) electrons. The number of hydrogen-bond acceptors (Lipinski definition) is 3. The van der Waals surface area contributed by atoms with E-state index in [1.807, 2.05) is 0 Å². The zero-order valence-electron chi connectivity index (χ0n) is 16.4. The summed E-state index contributed by atoms with van der Waals surface area (Å²) in [5.74, 6) is 1.23. The van der Waals surface area contributed by atoms with Crippen LogP contribution in [0, 0.1) is 22.7 Å². The molecular formula is C23H30O3. The van der Waals surface area contributed by atoms with Gasteiger partial charge in [0.25, 0.3) is 0 Å². The molecule has 0 heterocycles. The van der Waals surface area contributed by atoms with E-state index in [4.69, 9.17) is 4.74 Å². The third-order valence-electron chi connectivity index (χ3n) is 7.82.